The Morgan fingerprint density at radius 1 is 1.43 bits per heavy atom. The van der Waals surface area contributed by atoms with Gasteiger partial charge in [0.1, 0.15) is 5.82 Å². The molecule has 4 heteroatoms. The number of nitrogens with one attached hydrogen (secondary N) is 2. The van der Waals surface area contributed by atoms with Gasteiger partial charge in [0.15, 0.2) is 0 Å². The SMILES string of the molecule is Cc1ccc(C(C)NC(=O)C2NCC3CCCC32)cc1F. The van der Waals surface area contributed by atoms with E-state index >= 15 is 0 Å². The maximum absolute atomic E-state index is 13.6. The molecule has 3 nitrogen and oxygen atoms in total. The molecule has 2 N–H and O–H groups in total. The van der Waals surface area contributed by atoms with Gasteiger partial charge < -0.3 is 10.6 Å². The Morgan fingerprint density at radius 3 is 3.00 bits per heavy atom. The number of halogens is 1. The molecule has 0 spiro atoms. The van der Waals surface area contributed by atoms with E-state index in [0.29, 0.717) is 17.4 Å². The summed E-state index contributed by atoms with van der Waals surface area (Å²) < 4.78 is 13.6. The monoisotopic (exact) mass is 290 g/mol. The third-order valence-corrected chi connectivity index (χ3v) is 5.08. The number of hydrogen-bond donors (Lipinski definition) is 2. The number of carbonyl (C=O) groups excluding carboxylic acids is 1. The van der Waals surface area contributed by atoms with Crippen LogP contribution in [-0.4, -0.2) is 18.5 Å². The van der Waals surface area contributed by atoms with Crippen molar-refractivity contribution in [1.29, 1.82) is 0 Å². The van der Waals surface area contributed by atoms with E-state index < -0.39 is 0 Å². The summed E-state index contributed by atoms with van der Waals surface area (Å²) in [7, 11) is 0. The van der Waals surface area contributed by atoms with Crippen LogP contribution in [0.2, 0.25) is 0 Å². The van der Waals surface area contributed by atoms with Gasteiger partial charge in [-0.3, -0.25) is 4.79 Å². The lowest BCUT2D eigenvalue weighted by atomic mass is 9.93. The molecule has 4 unspecified atom stereocenters. The molecule has 1 aromatic carbocycles. The molecule has 2 fully saturated rings. The Morgan fingerprint density at radius 2 is 2.24 bits per heavy atom. The molecule has 1 amide bonds. The summed E-state index contributed by atoms with van der Waals surface area (Å²) in [6.07, 6.45) is 3.61. The van der Waals surface area contributed by atoms with Crippen molar-refractivity contribution in [3.05, 3.63) is 35.1 Å². The lowest BCUT2D eigenvalue weighted by molar-refractivity contribution is -0.124. The van der Waals surface area contributed by atoms with E-state index in [0.717, 1.165) is 18.5 Å². The lowest BCUT2D eigenvalue weighted by Crippen LogP contribution is -2.44. The van der Waals surface area contributed by atoms with E-state index in [1.807, 2.05) is 13.0 Å². The van der Waals surface area contributed by atoms with Gasteiger partial charge in [0, 0.05) is 0 Å². The van der Waals surface area contributed by atoms with Crippen LogP contribution >= 0.6 is 0 Å². The van der Waals surface area contributed by atoms with Crippen LogP contribution in [0.4, 0.5) is 4.39 Å². The highest BCUT2D eigenvalue weighted by molar-refractivity contribution is 5.83. The molecule has 1 saturated heterocycles. The summed E-state index contributed by atoms with van der Waals surface area (Å²) in [6, 6.07) is 4.91. The molecule has 0 bridgehead atoms. The fraction of sp³-hybridized carbons (Fsp3) is 0.588. The zero-order chi connectivity index (χ0) is 15.0. The van der Waals surface area contributed by atoms with Crippen LogP contribution in [0, 0.1) is 24.6 Å². The Bertz CT molecular complexity index is 546. The van der Waals surface area contributed by atoms with Crippen molar-refractivity contribution in [1.82, 2.24) is 10.6 Å². The van der Waals surface area contributed by atoms with Crippen molar-refractivity contribution in [3.63, 3.8) is 0 Å². The van der Waals surface area contributed by atoms with Crippen molar-refractivity contribution >= 4 is 5.91 Å². The van der Waals surface area contributed by atoms with Crippen molar-refractivity contribution in [2.45, 2.75) is 45.2 Å². The zero-order valence-electron chi connectivity index (χ0n) is 12.7. The van der Waals surface area contributed by atoms with Gasteiger partial charge in [-0.1, -0.05) is 18.6 Å². The molecule has 1 heterocycles. The molecular weight excluding hydrogens is 267 g/mol. The number of fused-ring (bicyclic) bond motifs is 1. The zero-order valence-corrected chi connectivity index (χ0v) is 12.7. The molecule has 114 valence electrons. The first-order valence-corrected chi connectivity index (χ1v) is 7.86. The predicted molar refractivity (Wildman–Crippen MR) is 80.3 cm³/mol. The van der Waals surface area contributed by atoms with E-state index in [4.69, 9.17) is 0 Å². The van der Waals surface area contributed by atoms with Gasteiger partial charge in [-0.15, -0.1) is 0 Å². The minimum atomic E-state index is -0.219. The molecule has 4 atom stereocenters. The van der Waals surface area contributed by atoms with Crippen LogP contribution < -0.4 is 10.6 Å². The summed E-state index contributed by atoms with van der Waals surface area (Å²) in [6.45, 7) is 4.60. The Labute approximate surface area is 125 Å². The van der Waals surface area contributed by atoms with Gasteiger partial charge in [0.05, 0.1) is 12.1 Å². The molecule has 1 aromatic rings. The normalized spacial score (nSPS) is 29.2. The van der Waals surface area contributed by atoms with Crippen LogP contribution in [0.5, 0.6) is 0 Å². The van der Waals surface area contributed by atoms with Crippen molar-refractivity contribution in [2.75, 3.05) is 6.54 Å². The minimum Gasteiger partial charge on any atom is -0.348 e. The highest BCUT2D eigenvalue weighted by Crippen LogP contribution is 2.37. The summed E-state index contributed by atoms with van der Waals surface area (Å²) in [5.74, 6) is 0.973. The number of rotatable bonds is 3. The van der Waals surface area contributed by atoms with Crippen LogP contribution in [0.3, 0.4) is 0 Å². The van der Waals surface area contributed by atoms with Crippen molar-refractivity contribution in [3.8, 4) is 0 Å². The van der Waals surface area contributed by atoms with Gasteiger partial charge in [0.25, 0.3) is 0 Å². The van der Waals surface area contributed by atoms with Crippen LogP contribution in [0.25, 0.3) is 0 Å². The lowest BCUT2D eigenvalue weighted by Gasteiger charge is -2.21. The van der Waals surface area contributed by atoms with Crippen molar-refractivity contribution in [2.24, 2.45) is 11.8 Å². The Hall–Kier alpha value is -1.42. The highest BCUT2D eigenvalue weighted by Gasteiger charge is 2.42. The average Bonchev–Trinajstić information content (AvgIpc) is 3.04. The third-order valence-electron chi connectivity index (χ3n) is 5.08. The second-order valence-electron chi connectivity index (χ2n) is 6.48. The average molecular weight is 290 g/mol. The summed E-state index contributed by atoms with van der Waals surface area (Å²) in [5, 5.41) is 6.38. The standard InChI is InChI=1S/C17H23FN2O/c1-10-6-7-12(8-15(10)18)11(2)20-17(21)16-14-5-3-4-13(14)9-19-16/h6-8,11,13-14,16,19H,3-5,9H2,1-2H3,(H,20,21). The smallest absolute Gasteiger partial charge is 0.237 e. The molecule has 1 aliphatic carbocycles. The quantitative estimate of drug-likeness (QED) is 0.898. The third kappa shape index (κ3) is 2.82. The molecular formula is C17H23FN2O. The summed E-state index contributed by atoms with van der Waals surface area (Å²) in [5.41, 5.74) is 1.44. The second-order valence-corrected chi connectivity index (χ2v) is 6.48. The molecule has 2 aliphatic rings. The predicted octanol–water partition coefficient (Wildman–Crippen LogP) is 2.70. The van der Waals surface area contributed by atoms with Crippen molar-refractivity contribution < 1.29 is 9.18 Å². The maximum atomic E-state index is 13.6. The number of amides is 1. The molecule has 1 saturated carbocycles. The first kappa shape index (κ1) is 14.5. The topological polar surface area (TPSA) is 41.1 Å². The van der Waals surface area contributed by atoms with E-state index in [1.165, 1.54) is 18.9 Å². The van der Waals surface area contributed by atoms with Gasteiger partial charge in [0.2, 0.25) is 5.91 Å². The molecule has 21 heavy (non-hydrogen) atoms. The maximum Gasteiger partial charge on any atom is 0.237 e. The first-order valence-electron chi connectivity index (χ1n) is 7.86. The van der Waals surface area contributed by atoms with Crippen LogP contribution in [0.1, 0.15) is 43.4 Å². The summed E-state index contributed by atoms with van der Waals surface area (Å²) >= 11 is 0. The van der Waals surface area contributed by atoms with E-state index in [-0.39, 0.29) is 23.8 Å². The number of benzene rings is 1. The Kier molecular flexibility index (Phi) is 3.98. The summed E-state index contributed by atoms with van der Waals surface area (Å²) in [4.78, 5) is 12.5. The Balaban J connectivity index is 1.65. The van der Waals surface area contributed by atoms with E-state index in [9.17, 15) is 9.18 Å². The minimum absolute atomic E-state index is 0.0536. The fourth-order valence-corrected chi connectivity index (χ4v) is 3.74. The van der Waals surface area contributed by atoms with Gasteiger partial charge in [-0.25, -0.2) is 4.39 Å². The van der Waals surface area contributed by atoms with Crippen LogP contribution in [0.15, 0.2) is 18.2 Å². The molecule has 0 radical (unpaired) electrons. The van der Waals surface area contributed by atoms with Crippen LogP contribution in [-0.2, 0) is 4.79 Å². The molecule has 1 aliphatic heterocycles. The molecule has 3 rings (SSSR count). The molecule has 0 aromatic heterocycles. The van der Waals surface area contributed by atoms with E-state index in [1.54, 1.807) is 13.0 Å². The first-order chi connectivity index (χ1) is 10.1. The van der Waals surface area contributed by atoms with Gasteiger partial charge in [-0.2, -0.15) is 0 Å². The fourth-order valence-electron chi connectivity index (χ4n) is 3.74. The highest BCUT2D eigenvalue weighted by atomic mass is 19.1. The number of carbonyl (C=O) groups is 1. The van der Waals surface area contributed by atoms with E-state index in [2.05, 4.69) is 10.6 Å². The largest absolute Gasteiger partial charge is 0.348 e. The number of aryl methyl sites for hydroxylation is 1. The van der Waals surface area contributed by atoms with Gasteiger partial charge >= 0.3 is 0 Å². The van der Waals surface area contributed by atoms with Gasteiger partial charge in [-0.05, 0) is 62.3 Å². The second kappa shape index (κ2) is 5.76. The number of hydrogen-bond acceptors (Lipinski definition) is 2.